The fraction of sp³-hybridized carbons (Fsp3) is 0.667. The summed E-state index contributed by atoms with van der Waals surface area (Å²) in [5, 5.41) is 8.06. The largest absolute Gasteiger partial charge is 0.462 e. The Morgan fingerprint density at radius 1 is 1.36 bits per heavy atom. The lowest BCUT2D eigenvalue weighted by Gasteiger charge is -1.93. The van der Waals surface area contributed by atoms with Crippen molar-refractivity contribution in [2.24, 2.45) is 0 Å². The fourth-order valence-corrected chi connectivity index (χ4v) is 0.837. The van der Waals surface area contributed by atoms with E-state index in [4.69, 9.17) is 5.11 Å². The first-order chi connectivity index (χ1) is 5.31. The van der Waals surface area contributed by atoms with Crippen LogP contribution in [-0.4, -0.2) is 10.9 Å². The molecule has 0 spiro atoms. The average Bonchev–Trinajstić information content (AvgIpc) is 1.99. The van der Waals surface area contributed by atoms with Gasteiger partial charge in [0, 0.05) is 12.3 Å². The normalized spacial score (nSPS) is 8.45. The van der Waals surface area contributed by atoms with Crippen molar-refractivity contribution < 1.29 is 9.90 Å². The number of unbranched alkanes of at least 4 members (excludes halogenated alkanes) is 3. The van der Waals surface area contributed by atoms with Gasteiger partial charge in [0.2, 0.25) is 5.78 Å². The summed E-state index contributed by atoms with van der Waals surface area (Å²) in [6.07, 6.45) is 6.39. The molecule has 0 rings (SSSR count). The van der Waals surface area contributed by atoms with E-state index in [0.29, 0.717) is 6.42 Å². The molecule has 1 N–H and O–H groups in total. The Bertz CT molecular complexity index is 162. The number of ketones is 1. The Labute approximate surface area is 67.6 Å². The predicted molar refractivity (Wildman–Crippen MR) is 43.5 cm³/mol. The summed E-state index contributed by atoms with van der Waals surface area (Å²) in [6, 6.07) is 0. The van der Waals surface area contributed by atoms with Crippen LogP contribution in [0.1, 0.15) is 39.0 Å². The van der Waals surface area contributed by atoms with Gasteiger partial charge in [-0.15, -0.1) is 0 Å². The smallest absolute Gasteiger partial charge is 0.208 e. The van der Waals surface area contributed by atoms with Gasteiger partial charge in [0.25, 0.3) is 0 Å². The number of rotatable bonds is 5. The molecule has 0 aliphatic carbocycles. The van der Waals surface area contributed by atoms with Crippen LogP contribution in [0.2, 0.25) is 0 Å². The molecular formula is C9H14O2. The molecule has 2 nitrogen and oxygen atoms in total. The number of carbonyl (C=O) groups is 1. The first kappa shape index (κ1) is 10.0. The first-order valence-electron chi connectivity index (χ1n) is 3.99. The number of aliphatic hydroxyl groups excluding tert-OH is 1. The second-order valence-electron chi connectivity index (χ2n) is 2.47. The zero-order valence-corrected chi connectivity index (χ0v) is 6.89. The standard InChI is InChI=1S/C9H14O2/c1-2-3-4-5-6-9(11)7-8-10/h10H,2-6H2,1H3. The van der Waals surface area contributed by atoms with Gasteiger partial charge in [-0.25, -0.2) is 0 Å². The van der Waals surface area contributed by atoms with Gasteiger partial charge < -0.3 is 5.11 Å². The zero-order chi connectivity index (χ0) is 8.53. The average molecular weight is 154 g/mol. The van der Waals surface area contributed by atoms with Crippen LogP contribution in [0.25, 0.3) is 0 Å². The molecule has 0 bridgehead atoms. The van der Waals surface area contributed by atoms with Gasteiger partial charge in [-0.3, -0.25) is 4.79 Å². The molecule has 0 unspecified atom stereocenters. The van der Waals surface area contributed by atoms with Crippen LogP contribution in [0.4, 0.5) is 0 Å². The molecule has 62 valence electrons. The van der Waals surface area contributed by atoms with Gasteiger partial charge in [0.1, 0.15) is 6.11 Å². The van der Waals surface area contributed by atoms with Gasteiger partial charge in [-0.05, 0) is 6.42 Å². The van der Waals surface area contributed by atoms with Crippen molar-refractivity contribution in [3.05, 3.63) is 0 Å². The molecule has 0 aromatic rings. The molecule has 0 saturated heterocycles. The summed E-state index contributed by atoms with van der Waals surface area (Å²) < 4.78 is 0. The summed E-state index contributed by atoms with van der Waals surface area (Å²) in [5.74, 6) is 1.93. The lowest BCUT2D eigenvalue weighted by Crippen LogP contribution is -1.92. The van der Waals surface area contributed by atoms with E-state index in [1.54, 1.807) is 6.11 Å². The quantitative estimate of drug-likeness (QED) is 0.484. The van der Waals surface area contributed by atoms with E-state index in [0.717, 1.165) is 12.8 Å². The highest BCUT2D eigenvalue weighted by Gasteiger charge is 1.95. The highest BCUT2D eigenvalue weighted by atomic mass is 16.2. The van der Waals surface area contributed by atoms with Crippen molar-refractivity contribution in [3.63, 3.8) is 0 Å². The van der Waals surface area contributed by atoms with Crippen LogP contribution in [0, 0.1) is 12.0 Å². The minimum absolute atomic E-state index is 0.163. The Hall–Kier alpha value is -0.970. The molecule has 0 aliphatic heterocycles. The Morgan fingerprint density at radius 2 is 2.09 bits per heavy atom. The Kier molecular flexibility index (Phi) is 6.51. The summed E-state index contributed by atoms with van der Waals surface area (Å²) in [4.78, 5) is 10.7. The van der Waals surface area contributed by atoms with Crippen molar-refractivity contribution in [2.75, 3.05) is 0 Å². The van der Waals surface area contributed by atoms with Crippen molar-refractivity contribution in [3.8, 4) is 12.0 Å². The highest BCUT2D eigenvalue weighted by molar-refractivity contribution is 5.95. The molecule has 0 atom stereocenters. The zero-order valence-electron chi connectivity index (χ0n) is 6.89. The number of Topliss-reactive ketones (excluding diaryl/α,β-unsaturated/α-hetero) is 1. The molecule has 0 heterocycles. The molecule has 11 heavy (non-hydrogen) atoms. The molecule has 0 amide bonds. The molecule has 0 fully saturated rings. The lowest BCUT2D eigenvalue weighted by molar-refractivity contribution is -0.113. The SMILES string of the molecule is CCCCCCC(=O)C#CO. The predicted octanol–water partition coefficient (Wildman–Crippen LogP) is 1.86. The van der Waals surface area contributed by atoms with Gasteiger partial charge in [0.15, 0.2) is 0 Å². The van der Waals surface area contributed by atoms with Gasteiger partial charge >= 0.3 is 0 Å². The highest BCUT2D eigenvalue weighted by Crippen LogP contribution is 2.02. The topological polar surface area (TPSA) is 37.3 Å². The van der Waals surface area contributed by atoms with Crippen LogP contribution >= 0.6 is 0 Å². The molecule has 0 radical (unpaired) electrons. The van der Waals surface area contributed by atoms with Crippen molar-refractivity contribution in [1.29, 1.82) is 0 Å². The van der Waals surface area contributed by atoms with Crippen molar-refractivity contribution >= 4 is 5.78 Å². The van der Waals surface area contributed by atoms with E-state index in [1.807, 2.05) is 0 Å². The van der Waals surface area contributed by atoms with Gasteiger partial charge in [-0.2, -0.15) is 0 Å². The third-order valence-electron chi connectivity index (χ3n) is 1.45. The summed E-state index contributed by atoms with van der Waals surface area (Å²) in [7, 11) is 0. The van der Waals surface area contributed by atoms with Gasteiger partial charge in [0.05, 0.1) is 0 Å². The molecule has 0 aliphatic rings. The van der Waals surface area contributed by atoms with Crippen molar-refractivity contribution in [1.82, 2.24) is 0 Å². The second-order valence-corrected chi connectivity index (χ2v) is 2.47. The number of aliphatic hydroxyl groups is 1. The van der Waals surface area contributed by atoms with Gasteiger partial charge in [-0.1, -0.05) is 26.2 Å². The number of hydrogen-bond acceptors (Lipinski definition) is 2. The minimum atomic E-state index is -0.163. The molecule has 2 heteroatoms. The summed E-state index contributed by atoms with van der Waals surface area (Å²) >= 11 is 0. The van der Waals surface area contributed by atoms with Crippen LogP contribution in [-0.2, 0) is 4.79 Å². The monoisotopic (exact) mass is 154 g/mol. The van der Waals surface area contributed by atoms with Crippen molar-refractivity contribution in [2.45, 2.75) is 39.0 Å². The molecule has 0 aromatic heterocycles. The van der Waals surface area contributed by atoms with E-state index in [-0.39, 0.29) is 5.78 Å². The van der Waals surface area contributed by atoms with E-state index in [9.17, 15) is 4.79 Å². The van der Waals surface area contributed by atoms with Crippen LogP contribution in [0.3, 0.4) is 0 Å². The minimum Gasteiger partial charge on any atom is -0.462 e. The third kappa shape index (κ3) is 6.92. The van der Waals surface area contributed by atoms with E-state index >= 15 is 0 Å². The maximum absolute atomic E-state index is 10.7. The number of carbonyl (C=O) groups excluding carboxylic acids is 1. The molecular weight excluding hydrogens is 140 g/mol. The third-order valence-corrected chi connectivity index (χ3v) is 1.45. The Morgan fingerprint density at radius 3 is 2.64 bits per heavy atom. The van der Waals surface area contributed by atoms with Crippen LogP contribution in [0.5, 0.6) is 0 Å². The van der Waals surface area contributed by atoms with Crippen LogP contribution < -0.4 is 0 Å². The van der Waals surface area contributed by atoms with E-state index in [2.05, 4.69) is 12.8 Å². The first-order valence-corrected chi connectivity index (χ1v) is 3.99. The maximum atomic E-state index is 10.7. The fourth-order valence-electron chi connectivity index (χ4n) is 0.837. The van der Waals surface area contributed by atoms with Crippen LogP contribution in [0.15, 0.2) is 0 Å². The second kappa shape index (κ2) is 7.14. The molecule has 0 aromatic carbocycles. The van der Waals surface area contributed by atoms with E-state index in [1.165, 1.54) is 12.8 Å². The summed E-state index contributed by atoms with van der Waals surface area (Å²) in [5.41, 5.74) is 0. The Balaban J connectivity index is 3.22. The lowest BCUT2D eigenvalue weighted by atomic mass is 10.1. The molecule has 0 saturated carbocycles. The maximum Gasteiger partial charge on any atom is 0.208 e. The summed E-state index contributed by atoms with van der Waals surface area (Å²) in [6.45, 7) is 2.12. The van der Waals surface area contributed by atoms with E-state index < -0.39 is 0 Å². The number of hydrogen-bond donors (Lipinski definition) is 1.